The van der Waals surface area contributed by atoms with Crippen LogP contribution in [0, 0.1) is 5.82 Å². The summed E-state index contributed by atoms with van der Waals surface area (Å²) in [6, 6.07) is 11.3. The number of para-hydroxylation sites is 1. The van der Waals surface area contributed by atoms with Gasteiger partial charge in [0.25, 0.3) is 11.8 Å². The maximum Gasteiger partial charge on any atom is 0.263 e. The van der Waals surface area contributed by atoms with Crippen LogP contribution in [0.2, 0.25) is 0 Å². The normalized spacial score (nSPS) is 22.0. The largest absolute Gasteiger partial charge is 0.271 e. The highest BCUT2D eigenvalue weighted by atomic mass is 19.1. The van der Waals surface area contributed by atoms with Crippen molar-refractivity contribution in [3.05, 3.63) is 59.9 Å². The summed E-state index contributed by atoms with van der Waals surface area (Å²) in [5.74, 6) is -1.41. The van der Waals surface area contributed by atoms with Gasteiger partial charge in [0.2, 0.25) is 0 Å². The molecule has 6 nitrogen and oxygen atoms in total. The third-order valence-corrected chi connectivity index (χ3v) is 4.48. The zero-order chi connectivity index (χ0) is 17.6. The Morgan fingerprint density at radius 3 is 2.44 bits per heavy atom. The molecule has 2 aromatic carbocycles. The Hall–Kier alpha value is -3.09. The summed E-state index contributed by atoms with van der Waals surface area (Å²) >= 11 is 0. The molecule has 25 heavy (non-hydrogen) atoms. The molecule has 0 saturated carbocycles. The fourth-order valence-corrected chi connectivity index (χ4v) is 3.13. The number of anilines is 2. The van der Waals surface area contributed by atoms with E-state index < -0.39 is 29.7 Å². The fraction of sp³-hybridized carbons (Fsp3) is 0.222. The molecule has 0 bridgehead atoms. The summed E-state index contributed by atoms with van der Waals surface area (Å²) in [5.41, 5.74) is 1.73. The summed E-state index contributed by atoms with van der Waals surface area (Å²) in [5, 5.41) is 8.96. The number of benzene rings is 2. The van der Waals surface area contributed by atoms with E-state index >= 15 is 0 Å². The highest BCUT2D eigenvalue weighted by molar-refractivity contribution is 6.26. The van der Waals surface area contributed by atoms with Gasteiger partial charge in [-0.3, -0.25) is 9.59 Å². The van der Waals surface area contributed by atoms with E-state index in [-0.39, 0.29) is 5.69 Å². The molecular weight excluding hydrogens is 323 g/mol. The van der Waals surface area contributed by atoms with Crippen molar-refractivity contribution in [2.75, 3.05) is 9.91 Å². The molecule has 2 atom stereocenters. The average Bonchev–Trinajstić information content (AvgIpc) is 3.16. The standard InChI is InChI=1S/C18H15FN4O2/c1-2-11-7-9-12(10-8-11)22-17(24)15-16(18(22)25)23(21-20-15)14-6-4-3-5-13(14)19/h3-10,15-16H,2H2,1H3/t15-,16+/m0/s1. The van der Waals surface area contributed by atoms with Crippen molar-refractivity contribution in [1.29, 1.82) is 0 Å². The van der Waals surface area contributed by atoms with Crippen LogP contribution in [0.5, 0.6) is 0 Å². The first-order valence-corrected chi connectivity index (χ1v) is 8.03. The van der Waals surface area contributed by atoms with Crippen LogP contribution >= 0.6 is 0 Å². The molecule has 0 aromatic heterocycles. The maximum absolute atomic E-state index is 14.1. The molecule has 2 amide bonds. The van der Waals surface area contributed by atoms with Crippen LogP contribution in [0.25, 0.3) is 0 Å². The summed E-state index contributed by atoms with van der Waals surface area (Å²) in [6.07, 6.45) is 0.864. The minimum Gasteiger partial charge on any atom is -0.271 e. The number of carbonyl (C=O) groups excluding carboxylic acids is 2. The van der Waals surface area contributed by atoms with Gasteiger partial charge in [-0.25, -0.2) is 14.3 Å². The molecule has 0 radical (unpaired) electrons. The van der Waals surface area contributed by atoms with Gasteiger partial charge < -0.3 is 0 Å². The number of amides is 2. The number of fused-ring (bicyclic) bond motifs is 1. The first-order chi connectivity index (χ1) is 12.1. The molecule has 0 unspecified atom stereocenters. The molecule has 1 saturated heterocycles. The number of carbonyl (C=O) groups is 2. The molecule has 1 fully saturated rings. The second-order valence-corrected chi connectivity index (χ2v) is 5.92. The quantitative estimate of drug-likeness (QED) is 0.808. The van der Waals surface area contributed by atoms with Crippen LogP contribution in [-0.2, 0) is 16.0 Å². The Morgan fingerprint density at radius 1 is 1.04 bits per heavy atom. The molecule has 2 heterocycles. The van der Waals surface area contributed by atoms with Gasteiger partial charge >= 0.3 is 0 Å². The SMILES string of the molecule is CCc1ccc(N2C(=O)[C@H]3N=NN(c4ccccc4F)[C@H]3C2=O)cc1. The monoisotopic (exact) mass is 338 g/mol. The third kappa shape index (κ3) is 2.31. The summed E-state index contributed by atoms with van der Waals surface area (Å²) in [6.45, 7) is 2.03. The van der Waals surface area contributed by atoms with E-state index in [4.69, 9.17) is 0 Å². The molecule has 4 rings (SSSR count). The number of hydrogen-bond acceptors (Lipinski definition) is 5. The molecule has 2 aliphatic heterocycles. The highest BCUT2D eigenvalue weighted by Crippen LogP contribution is 2.35. The van der Waals surface area contributed by atoms with E-state index in [0.29, 0.717) is 5.69 Å². The van der Waals surface area contributed by atoms with E-state index in [2.05, 4.69) is 10.3 Å². The second-order valence-electron chi connectivity index (χ2n) is 5.92. The van der Waals surface area contributed by atoms with E-state index in [0.717, 1.165) is 16.9 Å². The Bertz CT molecular complexity index is 881. The van der Waals surface area contributed by atoms with Crippen LogP contribution < -0.4 is 9.91 Å². The predicted molar refractivity (Wildman–Crippen MR) is 89.6 cm³/mol. The van der Waals surface area contributed by atoms with Gasteiger partial charge in [0.15, 0.2) is 12.1 Å². The Kier molecular flexibility index (Phi) is 3.56. The van der Waals surface area contributed by atoms with E-state index in [1.54, 1.807) is 24.3 Å². The number of aryl methyl sites for hydroxylation is 1. The van der Waals surface area contributed by atoms with Gasteiger partial charge in [0, 0.05) is 0 Å². The van der Waals surface area contributed by atoms with Crippen LogP contribution in [0.1, 0.15) is 12.5 Å². The van der Waals surface area contributed by atoms with Gasteiger partial charge in [-0.2, -0.15) is 5.11 Å². The molecule has 126 valence electrons. The van der Waals surface area contributed by atoms with E-state index in [1.807, 2.05) is 19.1 Å². The summed E-state index contributed by atoms with van der Waals surface area (Å²) < 4.78 is 14.1. The Morgan fingerprint density at radius 2 is 1.76 bits per heavy atom. The van der Waals surface area contributed by atoms with Crippen molar-refractivity contribution in [3.63, 3.8) is 0 Å². The van der Waals surface area contributed by atoms with Crippen molar-refractivity contribution < 1.29 is 14.0 Å². The highest BCUT2D eigenvalue weighted by Gasteiger charge is 2.55. The van der Waals surface area contributed by atoms with Crippen molar-refractivity contribution in [3.8, 4) is 0 Å². The Labute approximate surface area is 143 Å². The number of hydrogen-bond donors (Lipinski definition) is 0. The number of halogens is 1. The topological polar surface area (TPSA) is 65.3 Å². The molecule has 7 heteroatoms. The maximum atomic E-state index is 14.1. The molecular formula is C18H15FN4O2. The summed E-state index contributed by atoms with van der Waals surface area (Å²) in [7, 11) is 0. The number of rotatable bonds is 3. The lowest BCUT2D eigenvalue weighted by Crippen LogP contribution is -2.40. The van der Waals surface area contributed by atoms with Crippen LogP contribution in [0.15, 0.2) is 58.9 Å². The van der Waals surface area contributed by atoms with Crippen molar-refractivity contribution >= 4 is 23.2 Å². The van der Waals surface area contributed by atoms with Gasteiger partial charge in [0.05, 0.1) is 11.4 Å². The fourth-order valence-electron chi connectivity index (χ4n) is 3.13. The van der Waals surface area contributed by atoms with Crippen molar-refractivity contribution in [2.24, 2.45) is 10.3 Å². The van der Waals surface area contributed by atoms with E-state index in [1.165, 1.54) is 17.1 Å². The first-order valence-electron chi connectivity index (χ1n) is 8.03. The summed E-state index contributed by atoms with van der Waals surface area (Å²) in [4.78, 5) is 26.6. The van der Waals surface area contributed by atoms with Crippen molar-refractivity contribution in [2.45, 2.75) is 25.4 Å². The number of imide groups is 1. The predicted octanol–water partition coefficient (Wildman–Crippen LogP) is 2.89. The van der Waals surface area contributed by atoms with Crippen LogP contribution in [-0.4, -0.2) is 23.9 Å². The van der Waals surface area contributed by atoms with Crippen molar-refractivity contribution in [1.82, 2.24) is 0 Å². The first kappa shape index (κ1) is 15.4. The van der Waals surface area contributed by atoms with E-state index in [9.17, 15) is 14.0 Å². The van der Waals surface area contributed by atoms with Gasteiger partial charge in [0.1, 0.15) is 5.82 Å². The minimum atomic E-state index is -0.949. The van der Waals surface area contributed by atoms with Gasteiger partial charge in [-0.05, 0) is 36.2 Å². The lowest BCUT2D eigenvalue weighted by Gasteiger charge is -2.21. The lowest BCUT2D eigenvalue weighted by atomic mass is 10.1. The van der Waals surface area contributed by atoms with Crippen LogP contribution in [0.4, 0.5) is 15.8 Å². The second kappa shape index (κ2) is 5.77. The lowest BCUT2D eigenvalue weighted by molar-refractivity contribution is -0.121. The third-order valence-electron chi connectivity index (χ3n) is 4.48. The van der Waals surface area contributed by atoms with Gasteiger partial charge in [-0.15, -0.1) is 0 Å². The minimum absolute atomic E-state index is 0.128. The average molecular weight is 338 g/mol. The Balaban J connectivity index is 1.69. The van der Waals surface area contributed by atoms with Gasteiger partial charge in [-0.1, -0.05) is 36.4 Å². The zero-order valence-corrected chi connectivity index (χ0v) is 13.5. The molecule has 2 aliphatic rings. The molecule has 2 aromatic rings. The van der Waals surface area contributed by atoms with Crippen LogP contribution in [0.3, 0.4) is 0 Å². The zero-order valence-electron chi connectivity index (χ0n) is 13.5. The molecule has 0 aliphatic carbocycles. The molecule has 0 N–H and O–H groups in total. The molecule has 0 spiro atoms. The smallest absolute Gasteiger partial charge is 0.263 e. The number of nitrogens with zero attached hydrogens (tertiary/aromatic N) is 4.